The zero-order valence-electron chi connectivity index (χ0n) is 22.5. The summed E-state index contributed by atoms with van der Waals surface area (Å²) in [5.74, 6) is 0.821. The van der Waals surface area contributed by atoms with Gasteiger partial charge >= 0.3 is 0 Å². The predicted molar refractivity (Wildman–Crippen MR) is 152 cm³/mol. The molecule has 202 valence electrons. The van der Waals surface area contributed by atoms with Crippen LogP contribution in [-0.4, -0.2) is 50.0 Å². The smallest absolute Gasteiger partial charge is 0.290 e. The molecule has 0 radical (unpaired) electrons. The van der Waals surface area contributed by atoms with Gasteiger partial charge in [-0.1, -0.05) is 48.9 Å². The number of methoxy groups -OCH3 is 1. The van der Waals surface area contributed by atoms with Gasteiger partial charge in [-0.05, 0) is 62.0 Å². The molecule has 4 aromatic rings. The maximum atomic E-state index is 13.9. The fourth-order valence-corrected chi connectivity index (χ4v) is 5.11. The van der Waals surface area contributed by atoms with E-state index in [1.807, 2.05) is 74.4 Å². The van der Waals surface area contributed by atoms with E-state index in [1.165, 1.54) is 0 Å². The van der Waals surface area contributed by atoms with Crippen molar-refractivity contribution in [1.82, 2.24) is 9.80 Å². The number of likely N-dealkylation sites (N-methyl/N-ethyl adjacent to an activating group) is 1. The Morgan fingerprint density at radius 2 is 1.82 bits per heavy atom. The highest BCUT2D eigenvalue weighted by molar-refractivity contribution is 6.31. The molecule has 0 bridgehead atoms. The van der Waals surface area contributed by atoms with Crippen LogP contribution >= 0.6 is 11.6 Å². The average Bonchev–Trinajstić information content (AvgIpc) is 3.22. The number of ether oxygens (including phenoxy) is 2. The number of hydrogen-bond acceptors (Lipinski definition) is 6. The predicted octanol–water partition coefficient (Wildman–Crippen LogP) is 5.70. The first-order valence-electron chi connectivity index (χ1n) is 12.9. The second kappa shape index (κ2) is 11.1. The summed E-state index contributed by atoms with van der Waals surface area (Å²) in [5, 5.41) is 1.10. The Morgan fingerprint density at radius 1 is 1.03 bits per heavy atom. The first-order valence-corrected chi connectivity index (χ1v) is 13.3. The molecule has 1 atom stereocenters. The zero-order chi connectivity index (χ0) is 27.7. The third-order valence-corrected chi connectivity index (χ3v) is 7.44. The number of aryl methyl sites for hydroxylation is 1. The number of rotatable bonds is 9. The summed E-state index contributed by atoms with van der Waals surface area (Å²) in [6.07, 6.45) is 0.788. The number of nitrogens with zero attached hydrogens (tertiary/aromatic N) is 2. The molecule has 5 rings (SSSR count). The lowest BCUT2D eigenvalue weighted by molar-refractivity contribution is 0.0716. The van der Waals surface area contributed by atoms with Crippen molar-refractivity contribution >= 4 is 28.5 Å². The fraction of sp³-hybridized carbons (Fsp3) is 0.290. The molecule has 0 saturated heterocycles. The Hall–Kier alpha value is -3.81. The van der Waals surface area contributed by atoms with Crippen LogP contribution in [-0.2, 0) is 13.0 Å². The minimum absolute atomic E-state index is 0.0958. The molecule has 3 aromatic carbocycles. The van der Waals surface area contributed by atoms with Gasteiger partial charge in [-0.3, -0.25) is 9.59 Å². The number of carbonyl (C=O) groups excluding carboxylic acids is 1. The van der Waals surface area contributed by atoms with Crippen molar-refractivity contribution in [2.75, 3.05) is 34.3 Å². The molecular weight excluding hydrogens is 516 g/mol. The Bertz CT molecular complexity index is 1600. The normalized spacial score (nSPS) is 14.8. The molecule has 2 heterocycles. The van der Waals surface area contributed by atoms with Gasteiger partial charge in [0.1, 0.15) is 12.2 Å². The molecule has 39 heavy (non-hydrogen) atoms. The van der Waals surface area contributed by atoms with Crippen molar-refractivity contribution in [1.29, 1.82) is 0 Å². The van der Waals surface area contributed by atoms with Gasteiger partial charge in [-0.15, -0.1) is 0 Å². The largest absolute Gasteiger partial charge is 0.493 e. The highest BCUT2D eigenvalue weighted by Crippen LogP contribution is 2.41. The van der Waals surface area contributed by atoms with Crippen LogP contribution in [0.2, 0.25) is 5.02 Å². The zero-order valence-corrected chi connectivity index (χ0v) is 23.2. The maximum absolute atomic E-state index is 13.9. The van der Waals surface area contributed by atoms with E-state index in [4.69, 9.17) is 25.5 Å². The van der Waals surface area contributed by atoms with Gasteiger partial charge in [0.15, 0.2) is 16.9 Å². The third-order valence-electron chi connectivity index (χ3n) is 7.07. The van der Waals surface area contributed by atoms with Gasteiger partial charge < -0.3 is 23.7 Å². The highest BCUT2D eigenvalue weighted by Gasteiger charge is 2.42. The molecule has 0 saturated carbocycles. The molecule has 1 amide bonds. The van der Waals surface area contributed by atoms with Gasteiger partial charge in [-0.2, -0.15) is 0 Å². The maximum Gasteiger partial charge on any atom is 0.290 e. The van der Waals surface area contributed by atoms with Crippen LogP contribution in [0.15, 0.2) is 69.9 Å². The summed E-state index contributed by atoms with van der Waals surface area (Å²) in [5.41, 5.74) is 3.20. The van der Waals surface area contributed by atoms with Crippen molar-refractivity contribution in [3.8, 4) is 11.5 Å². The molecule has 1 aromatic heterocycles. The van der Waals surface area contributed by atoms with Crippen molar-refractivity contribution in [2.24, 2.45) is 0 Å². The molecular formula is C31H31ClN2O5. The molecule has 0 spiro atoms. The number of halogens is 1. The molecule has 8 heteroatoms. The molecule has 1 aliphatic rings. The van der Waals surface area contributed by atoms with Crippen LogP contribution in [0.1, 0.15) is 45.8 Å². The van der Waals surface area contributed by atoms with Crippen molar-refractivity contribution in [3.63, 3.8) is 0 Å². The van der Waals surface area contributed by atoms with Crippen LogP contribution in [0.25, 0.3) is 11.0 Å². The van der Waals surface area contributed by atoms with E-state index in [0.29, 0.717) is 46.1 Å². The van der Waals surface area contributed by atoms with E-state index in [-0.39, 0.29) is 23.7 Å². The number of hydrogen-bond donors (Lipinski definition) is 0. The fourth-order valence-electron chi connectivity index (χ4n) is 4.92. The first kappa shape index (κ1) is 26.8. The number of fused-ring (bicyclic) bond motifs is 2. The Balaban J connectivity index is 1.58. The minimum Gasteiger partial charge on any atom is -0.493 e. The van der Waals surface area contributed by atoms with Crippen LogP contribution in [0, 0.1) is 0 Å². The lowest BCUT2D eigenvalue weighted by Crippen LogP contribution is -2.35. The van der Waals surface area contributed by atoms with E-state index in [0.717, 1.165) is 23.1 Å². The average molecular weight is 547 g/mol. The number of carbonyl (C=O) groups is 1. The van der Waals surface area contributed by atoms with Crippen molar-refractivity contribution < 1.29 is 18.7 Å². The summed E-state index contributed by atoms with van der Waals surface area (Å²) < 4.78 is 17.8. The van der Waals surface area contributed by atoms with E-state index >= 15 is 0 Å². The monoisotopic (exact) mass is 546 g/mol. The Kier molecular flexibility index (Phi) is 7.64. The number of benzene rings is 3. The van der Waals surface area contributed by atoms with Gasteiger partial charge in [-0.25, -0.2) is 0 Å². The second-order valence-electron chi connectivity index (χ2n) is 9.85. The molecule has 0 aliphatic carbocycles. The molecule has 0 fully saturated rings. The minimum atomic E-state index is -0.620. The quantitative estimate of drug-likeness (QED) is 0.268. The number of amides is 1. The highest BCUT2D eigenvalue weighted by atomic mass is 35.5. The second-order valence-corrected chi connectivity index (χ2v) is 10.3. The Morgan fingerprint density at radius 3 is 2.54 bits per heavy atom. The van der Waals surface area contributed by atoms with Gasteiger partial charge in [0.25, 0.3) is 5.91 Å². The van der Waals surface area contributed by atoms with Crippen LogP contribution < -0.4 is 14.9 Å². The van der Waals surface area contributed by atoms with Gasteiger partial charge in [0, 0.05) is 23.7 Å². The SMILES string of the molecule is CCc1ccc2oc3c(c(=O)c2c1)C(c1ccc(OCc2ccccc2Cl)c(OC)c1)N(CCN(C)C)C3=O. The Labute approximate surface area is 232 Å². The van der Waals surface area contributed by atoms with Crippen LogP contribution in [0.5, 0.6) is 11.5 Å². The first-order chi connectivity index (χ1) is 18.8. The summed E-state index contributed by atoms with van der Waals surface area (Å²) in [6, 6.07) is 17.9. The summed E-state index contributed by atoms with van der Waals surface area (Å²) in [6.45, 7) is 3.35. The van der Waals surface area contributed by atoms with Crippen LogP contribution in [0.4, 0.5) is 0 Å². The third kappa shape index (κ3) is 5.12. The molecule has 7 nitrogen and oxygen atoms in total. The molecule has 1 unspecified atom stereocenters. The summed E-state index contributed by atoms with van der Waals surface area (Å²) in [7, 11) is 5.45. The molecule has 1 aliphatic heterocycles. The van der Waals surface area contributed by atoms with Gasteiger partial charge in [0.05, 0.1) is 24.1 Å². The van der Waals surface area contributed by atoms with Crippen molar-refractivity contribution in [2.45, 2.75) is 26.0 Å². The van der Waals surface area contributed by atoms with Gasteiger partial charge in [0.2, 0.25) is 5.76 Å². The van der Waals surface area contributed by atoms with E-state index in [2.05, 4.69) is 0 Å². The van der Waals surface area contributed by atoms with E-state index in [1.54, 1.807) is 24.1 Å². The molecule has 0 N–H and O–H groups in total. The standard InChI is InChI=1S/C31H31ClN2O5/c1-5-19-10-12-24-22(16-19)29(35)27-28(34(15-14-33(2)3)31(36)30(27)39-24)20-11-13-25(26(17-20)37-4)38-18-21-8-6-7-9-23(21)32/h6-13,16-17,28H,5,14-15,18H2,1-4H3. The van der Waals surface area contributed by atoms with E-state index < -0.39 is 6.04 Å². The van der Waals surface area contributed by atoms with Crippen molar-refractivity contribution in [3.05, 3.63) is 104 Å². The lowest BCUT2D eigenvalue weighted by atomic mass is 9.97. The topological polar surface area (TPSA) is 72.2 Å². The summed E-state index contributed by atoms with van der Waals surface area (Å²) >= 11 is 6.29. The lowest BCUT2D eigenvalue weighted by Gasteiger charge is -2.27. The summed E-state index contributed by atoms with van der Waals surface area (Å²) in [4.78, 5) is 31.2. The van der Waals surface area contributed by atoms with Crippen LogP contribution in [0.3, 0.4) is 0 Å². The van der Waals surface area contributed by atoms with E-state index in [9.17, 15) is 9.59 Å².